The Balaban J connectivity index is 1.69. The molecule has 0 atom stereocenters. The minimum absolute atomic E-state index is 0.139. The molecule has 3 rings (SSSR count). The Kier molecular flexibility index (Phi) is 6.01. The molecule has 8 nitrogen and oxygen atoms in total. The molecule has 0 saturated heterocycles. The van der Waals surface area contributed by atoms with Crippen molar-refractivity contribution in [3.05, 3.63) is 60.4 Å². The van der Waals surface area contributed by atoms with Gasteiger partial charge >= 0.3 is 6.03 Å². The van der Waals surface area contributed by atoms with Gasteiger partial charge in [-0.2, -0.15) is 5.10 Å². The number of benzene rings is 1. The smallest absolute Gasteiger partial charge is 0.323 e. The summed E-state index contributed by atoms with van der Waals surface area (Å²) < 4.78 is 5.21. The largest absolute Gasteiger partial charge is 0.497 e. The molecule has 0 saturated carbocycles. The lowest BCUT2D eigenvalue weighted by molar-refractivity contribution is 0.185. The van der Waals surface area contributed by atoms with Crippen LogP contribution in [0.3, 0.4) is 0 Å². The van der Waals surface area contributed by atoms with Crippen LogP contribution in [0.4, 0.5) is 10.6 Å². The van der Waals surface area contributed by atoms with E-state index in [-0.39, 0.29) is 19.2 Å². The van der Waals surface area contributed by atoms with Gasteiger partial charge in [-0.1, -0.05) is 12.1 Å². The molecule has 140 valence electrons. The number of nitrogens with one attached hydrogen (secondary N) is 2. The zero-order valence-electron chi connectivity index (χ0n) is 14.9. The Bertz CT molecular complexity index is 882. The van der Waals surface area contributed by atoms with Crippen LogP contribution in [0.2, 0.25) is 0 Å². The first-order valence-corrected chi connectivity index (χ1v) is 8.45. The highest BCUT2D eigenvalue weighted by Crippen LogP contribution is 2.19. The predicted molar refractivity (Wildman–Crippen MR) is 101 cm³/mol. The number of pyridine rings is 1. The Morgan fingerprint density at radius 3 is 2.81 bits per heavy atom. The Morgan fingerprint density at radius 1 is 1.26 bits per heavy atom. The average Bonchev–Trinajstić information content (AvgIpc) is 3.17. The van der Waals surface area contributed by atoms with E-state index in [0.29, 0.717) is 18.1 Å². The second kappa shape index (κ2) is 8.81. The number of rotatable bonds is 7. The highest BCUT2D eigenvalue weighted by atomic mass is 16.5. The first-order valence-electron chi connectivity index (χ1n) is 8.45. The molecule has 3 aromatic rings. The van der Waals surface area contributed by atoms with Crippen LogP contribution in [-0.2, 0) is 6.54 Å². The zero-order chi connectivity index (χ0) is 19.1. The van der Waals surface area contributed by atoms with Gasteiger partial charge in [-0.15, -0.1) is 0 Å². The average molecular weight is 367 g/mol. The number of hydrogen-bond acceptors (Lipinski definition) is 5. The molecule has 0 fully saturated rings. The lowest BCUT2D eigenvalue weighted by atomic mass is 10.2. The number of methoxy groups -OCH3 is 1. The summed E-state index contributed by atoms with van der Waals surface area (Å²) in [6.45, 7) is 0.399. The first-order chi connectivity index (χ1) is 13.2. The maximum Gasteiger partial charge on any atom is 0.323 e. The van der Waals surface area contributed by atoms with Crippen molar-refractivity contribution in [1.82, 2.24) is 20.1 Å². The Morgan fingerprint density at radius 2 is 2.07 bits per heavy atom. The molecule has 3 N–H and O–H groups in total. The maximum atomic E-state index is 12.6. The molecule has 0 spiro atoms. The van der Waals surface area contributed by atoms with E-state index in [1.54, 1.807) is 25.6 Å². The van der Waals surface area contributed by atoms with Crippen molar-refractivity contribution in [2.24, 2.45) is 0 Å². The predicted octanol–water partition coefficient (Wildman–Crippen LogP) is 2.51. The quantitative estimate of drug-likeness (QED) is 0.595. The summed E-state index contributed by atoms with van der Waals surface area (Å²) in [6, 6.07) is 12.5. The number of ether oxygens (including phenoxy) is 1. The van der Waals surface area contributed by atoms with Gasteiger partial charge in [0, 0.05) is 37.1 Å². The lowest BCUT2D eigenvalue weighted by Gasteiger charge is -2.22. The van der Waals surface area contributed by atoms with E-state index in [4.69, 9.17) is 4.74 Å². The summed E-state index contributed by atoms with van der Waals surface area (Å²) in [4.78, 5) is 18.1. The van der Waals surface area contributed by atoms with Crippen molar-refractivity contribution >= 4 is 11.8 Å². The molecule has 0 aliphatic carbocycles. The van der Waals surface area contributed by atoms with Crippen LogP contribution in [0.1, 0.15) is 5.56 Å². The monoisotopic (exact) mass is 367 g/mol. The molecule has 0 bridgehead atoms. The van der Waals surface area contributed by atoms with E-state index in [9.17, 15) is 9.90 Å². The van der Waals surface area contributed by atoms with Gasteiger partial charge in [-0.05, 0) is 29.8 Å². The fourth-order valence-corrected chi connectivity index (χ4v) is 2.62. The van der Waals surface area contributed by atoms with Gasteiger partial charge in [0.25, 0.3) is 0 Å². The van der Waals surface area contributed by atoms with Gasteiger partial charge in [0.1, 0.15) is 5.75 Å². The fraction of sp³-hybridized carbons (Fsp3) is 0.211. The van der Waals surface area contributed by atoms with Crippen LogP contribution in [0.5, 0.6) is 5.75 Å². The van der Waals surface area contributed by atoms with E-state index in [0.717, 1.165) is 16.8 Å². The zero-order valence-corrected chi connectivity index (χ0v) is 14.9. The number of carbonyl (C=O) groups is 1. The topological polar surface area (TPSA) is 103 Å². The Hall–Kier alpha value is -3.39. The van der Waals surface area contributed by atoms with Crippen LogP contribution in [0.25, 0.3) is 11.3 Å². The number of hydrogen-bond donors (Lipinski definition) is 3. The Labute approximate surface area is 156 Å². The summed E-state index contributed by atoms with van der Waals surface area (Å²) in [5.74, 6) is 1.12. The van der Waals surface area contributed by atoms with Crippen LogP contribution in [-0.4, -0.2) is 51.5 Å². The van der Waals surface area contributed by atoms with Gasteiger partial charge in [0.15, 0.2) is 5.82 Å². The third-order valence-electron chi connectivity index (χ3n) is 3.97. The second-order valence-corrected chi connectivity index (χ2v) is 5.83. The molecule has 0 unspecified atom stereocenters. The highest BCUT2D eigenvalue weighted by Gasteiger charge is 2.16. The summed E-state index contributed by atoms with van der Waals surface area (Å²) in [7, 11) is 1.59. The van der Waals surface area contributed by atoms with E-state index in [1.807, 2.05) is 36.4 Å². The van der Waals surface area contributed by atoms with Crippen molar-refractivity contribution in [1.29, 1.82) is 0 Å². The molecule has 0 aliphatic rings. The molecular formula is C19H21N5O3. The molecule has 27 heavy (non-hydrogen) atoms. The SMILES string of the molecule is COc1cccc(CN(CCO)C(=O)Nc2cc(-c3ccncc3)[nH]n2)c1. The number of anilines is 1. The van der Waals surface area contributed by atoms with Gasteiger partial charge in [0.05, 0.1) is 19.4 Å². The molecule has 2 heterocycles. The molecule has 0 radical (unpaired) electrons. The third kappa shape index (κ3) is 4.83. The number of amides is 2. The van der Waals surface area contributed by atoms with Crippen LogP contribution >= 0.6 is 0 Å². The number of urea groups is 1. The minimum Gasteiger partial charge on any atom is -0.497 e. The van der Waals surface area contributed by atoms with Crippen molar-refractivity contribution < 1.29 is 14.6 Å². The number of aromatic amines is 1. The second-order valence-electron chi connectivity index (χ2n) is 5.83. The molecule has 8 heteroatoms. The van der Waals surface area contributed by atoms with E-state index in [2.05, 4.69) is 20.5 Å². The molecular weight excluding hydrogens is 346 g/mol. The molecule has 0 aliphatic heterocycles. The van der Waals surface area contributed by atoms with Crippen molar-refractivity contribution in [3.63, 3.8) is 0 Å². The van der Waals surface area contributed by atoms with E-state index in [1.165, 1.54) is 4.90 Å². The third-order valence-corrected chi connectivity index (χ3v) is 3.97. The summed E-state index contributed by atoms with van der Waals surface area (Å²) in [6.07, 6.45) is 3.37. The molecule has 1 aromatic carbocycles. The van der Waals surface area contributed by atoms with Gasteiger partial charge in [0.2, 0.25) is 0 Å². The first kappa shape index (κ1) is 18.4. The number of nitrogens with zero attached hydrogens (tertiary/aromatic N) is 3. The van der Waals surface area contributed by atoms with Crippen molar-refractivity contribution in [2.75, 3.05) is 25.6 Å². The van der Waals surface area contributed by atoms with Crippen molar-refractivity contribution in [3.8, 4) is 17.0 Å². The van der Waals surface area contributed by atoms with E-state index >= 15 is 0 Å². The van der Waals surface area contributed by atoms with Gasteiger partial charge < -0.3 is 14.7 Å². The summed E-state index contributed by atoms with van der Waals surface area (Å²) in [5, 5.41) is 19.1. The maximum absolute atomic E-state index is 12.6. The number of aliphatic hydroxyl groups is 1. The van der Waals surface area contributed by atoms with Crippen LogP contribution < -0.4 is 10.1 Å². The van der Waals surface area contributed by atoms with Crippen molar-refractivity contribution in [2.45, 2.75) is 6.54 Å². The fourth-order valence-electron chi connectivity index (χ4n) is 2.62. The number of carbonyl (C=O) groups excluding carboxylic acids is 1. The molecule has 2 aromatic heterocycles. The van der Waals surface area contributed by atoms with Gasteiger partial charge in [-0.25, -0.2) is 4.79 Å². The number of H-pyrrole nitrogens is 1. The number of aromatic nitrogens is 3. The van der Waals surface area contributed by atoms with Crippen LogP contribution in [0.15, 0.2) is 54.9 Å². The lowest BCUT2D eigenvalue weighted by Crippen LogP contribution is -2.36. The molecule has 2 amide bonds. The summed E-state index contributed by atoms with van der Waals surface area (Å²) >= 11 is 0. The minimum atomic E-state index is -0.348. The van der Waals surface area contributed by atoms with Crippen LogP contribution in [0, 0.1) is 0 Å². The van der Waals surface area contributed by atoms with E-state index < -0.39 is 0 Å². The van der Waals surface area contributed by atoms with Gasteiger partial charge in [-0.3, -0.25) is 15.4 Å². The standard InChI is InChI=1S/C19H21N5O3/c1-27-16-4-2-3-14(11-16)13-24(9-10-25)19(26)21-18-12-17(22-23-18)15-5-7-20-8-6-15/h2-8,11-12,25H,9-10,13H2,1H3,(H2,21,22,23,26). The number of aliphatic hydroxyl groups excluding tert-OH is 1. The highest BCUT2D eigenvalue weighted by molar-refractivity contribution is 5.89. The normalized spacial score (nSPS) is 10.4. The summed E-state index contributed by atoms with van der Waals surface area (Å²) in [5.41, 5.74) is 2.59.